The number of anilines is 2. The first-order chi connectivity index (χ1) is 17.2. The number of aromatic carboxylic acids is 1. The van der Waals surface area contributed by atoms with Gasteiger partial charge in [0.05, 0.1) is 28.1 Å². The number of oxime groups is 1. The summed E-state index contributed by atoms with van der Waals surface area (Å²) in [5.74, 6) is -1.89. The van der Waals surface area contributed by atoms with Crippen LogP contribution in [-0.2, 0) is 15.8 Å². The number of hydrogen-bond donors (Lipinski definition) is 4. The third kappa shape index (κ3) is 4.40. The summed E-state index contributed by atoms with van der Waals surface area (Å²) in [4.78, 5) is 32.2. The van der Waals surface area contributed by atoms with Crippen LogP contribution in [0, 0.1) is 0 Å². The molecule has 0 bridgehead atoms. The lowest BCUT2D eigenvalue weighted by atomic mass is 9.99. The quantitative estimate of drug-likeness (QED) is 0.283. The lowest BCUT2D eigenvalue weighted by Crippen LogP contribution is -2.44. The zero-order chi connectivity index (χ0) is 25.4. The number of piperazine rings is 1. The number of halogens is 3. The molecule has 5 rings (SSSR count). The molecule has 4 N–H and O–H groups in total. The molecule has 0 radical (unpaired) electrons. The molecule has 2 aromatic carbocycles. The molecule has 0 aliphatic carbocycles. The molecular formula is C24H22F3N5O4. The number of carboxylic acid groups (broad SMARTS) is 1. The standard InChI is InChI=1S/C24H22F3N5O4/c25-24(26,27)16-3-1-2-14-18(22(33)30-19(14)16)21-20(31-36-11-10-32-8-6-28-7-9-32)15-12-13(23(34)35)4-5-17(15)29-21/h1-5,12,28-29H,6-11H2,(H,30,33)(H,34,35)/b21-18-,31-20+. The SMILES string of the molecule is O=C1Nc2c(cccc2C(F)(F)F)/C1=C1/Nc2ccc(C(=O)O)cc2/C1=N\OCCN1CCNCC1. The van der Waals surface area contributed by atoms with Gasteiger partial charge in [-0.1, -0.05) is 17.3 Å². The van der Waals surface area contributed by atoms with Gasteiger partial charge in [0.2, 0.25) is 0 Å². The molecule has 0 saturated carbocycles. The topological polar surface area (TPSA) is 115 Å². The van der Waals surface area contributed by atoms with Crippen molar-refractivity contribution in [3.05, 3.63) is 64.3 Å². The second-order valence-corrected chi connectivity index (χ2v) is 8.49. The molecule has 12 heteroatoms. The summed E-state index contributed by atoms with van der Waals surface area (Å²) in [7, 11) is 0. The number of allylic oxidation sites excluding steroid dienone is 1. The first kappa shape index (κ1) is 23.8. The van der Waals surface area contributed by atoms with Crippen LogP contribution in [0.2, 0.25) is 0 Å². The van der Waals surface area contributed by atoms with Crippen LogP contribution in [0.15, 0.2) is 47.3 Å². The lowest BCUT2D eigenvalue weighted by molar-refractivity contribution is -0.136. The van der Waals surface area contributed by atoms with Crippen molar-refractivity contribution in [2.45, 2.75) is 6.18 Å². The van der Waals surface area contributed by atoms with Gasteiger partial charge in [-0.05, 0) is 24.3 Å². The molecule has 0 spiro atoms. The highest BCUT2D eigenvalue weighted by atomic mass is 19.4. The van der Waals surface area contributed by atoms with Crippen molar-refractivity contribution in [2.75, 3.05) is 50.0 Å². The van der Waals surface area contributed by atoms with Crippen molar-refractivity contribution in [3.8, 4) is 0 Å². The van der Waals surface area contributed by atoms with Gasteiger partial charge in [0.25, 0.3) is 5.91 Å². The second kappa shape index (κ2) is 9.28. The third-order valence-corrected chi connectivity index (χ3v) is 6.24. The van der Waals surface area contributed by atoms with Crippen molar-refractivity contribution >= 4 is 34.5 Å². The van der Waals surface area contributed by atoms with Crippen molar-refractivity contribution in [2.24, 2.45) is 5.16 Å². The van der Waals surface area contributed by atoms with Gasteiger partial charge < -0.3 is 25.9 Å². The molecular weight excluding hydrogens is 479 g/mol. The van der Waals surface area contributed by atoms with Crippen molar-refractivity contribution in [1.82, 2.24) is 10.2 Å². The average molecular weight is 501 g/mol. The van der Waals surface area contributed by atoms with Crippen LogP contribution in [0.25, 0.3) is 5.57 Å². The highest BCUT2D eigenvalue weighted by molar-refractivity contribution is 6.40. The van der Waals surface area contributed by atoms with E-state index in [1.807, 2.05) is 0 Å². The molecule has 2 aromatic rings. The molecule has 0 atom stereocenters. The zero-order valence-corrected chi connectivity index (χ0v) is 18.9. The largest absolute Gasteiger partial charge is 0.478 e. The third-order valence-electron chi connectivity index (χ3n) is 6.24. The lowest BCUT2D eigenvalue weighted by Gasteiger charge is -2.26. The summed E-state index contributed by atoms with van der Waals surface area (Å²) in [6, 6.07) is 7.83. The molecule has 9 nitrogen and oxygen atoms in total. The summed E-state index contributed by atoms with van der Waals surface area (Å²) < 4.78 is 40.7. The van der Waals surface area contributed by atoms with E-state index in [0.29, 0.717) is 17.8 Å². The molecule has 1 saturated heterocycles. The molecule has 1 fully saturated rings. The van der Waals surface area contributed by atoms with Crippen LogP contribution in [0.4, 0.5) is 24.5 Å². The van der Waals surface area contributed by atoms with Gasteiger partial charge >= 0.3 is 12.1 Å². The summed E-state index contributed by atoms with van der Waals surface area (Å²) in [5, 5.41) is 22.3. The Morgan fingerprint density at radius 2 is 1.89 bits per heavy atom. The molecule has 36 heavy (non-hydrogen) atoms. The number of carboxylic acids is 1. The fraction of sp³-hybridized carbons (Fsp3) is 0.292. The van der Waals surface area contributed by atoms with Crippen molar-refractivity contribution in [3.63, 3.8) is 0 Å². The Kier molecular flexibility index (Phi) is 6.14. The summed E-state index contributed by atoms with van der Waals surface area (Å²) in [6.07, 6.45) is -4.66. The van der Waals surface area contributed by atoms with E-state index < -0.39 is 23.6 Å². The van der Waals surface area contributed by atoms with Gasteiger partial charge in [0.1, 0.15) is 12.3 Å². The highest BCUT2D eigenvalue weighted by Gasteiger charge is 2.41. The Hall–Kier alpha value is -3.90. The first-order valence-corrected chi connectivity index (χ1v) is 11.3. The smallest absolute Gasteiger partial charge is 0.418 e. The number of alkyl halides is 3. The number of hydrogen-bond acceptors (Lipinski definition) is 7. The van der Waals surface area contributed by atoms with Crippen LogP contribution in [0.3, 0.4) is 0 Å². The average Bonchev–Trinajstić information content (AvgIpc) is 3.37. The number of nitrogens with zero attached hydrogens (tertiary/aromatic N) is 2. The van der Waals surface area contributed by atoms with Crippen molar-refractivity contribution in [1.29, 1.82) is 0 Å². The van der Waals surface area contributed by atoms with Gasteiger partial charge in [-0.25, -0.2) is 4.79 Å². The molecule has 188 valence electrons. The predicted octanol–water partition coefficient (Wildman–Crippen LogP) is 2.82. The highest BCUT2D eigenvalue weighted by Crippen LogP contribution is 2.45. The van der Waals surface area contributed by atoms with E-state index in [9.17, 15) is 27.9 Å². The number of carbonyl (C=O) groups is 2. The Balaban J connectivity index is 1.55. The number of fused-ring (bicyclic) bond motifs is 2. The second-order valence-electron chi connectivity index (χ2n) is 8.49. The fourth-order valence-corrected chi connectivity index (χ4v) is 4.48. The molecule has 0 unspecified atom stereocenters. The molecule has 3 heterocycles. The van der Waals surface area contributed by atoms with E-state index in [4.69, 9.17) is 4.84 Å². The zero-order valence-electron chi connectivity index (χ0n) is 18.9. The van der Waals surface area contributed by atoms with Crippen LogP contribution in [0.5, 0.6) is 0 Å². The maximum atomic E-state index is 13.6. The van der Waals surface area contributed by atoms with Gasteiger partial charge in [0.15, 0.2) is 0 Å². The number of para-hydroxylation sites is 1. The van der Waals surface area contributed by atoms with Gasteiger partial charge in [-0.2, -0.15) is 13.2 Å². The minimum atomic E-state index is -4.66. The van der Waals surface area contributed by atoms with Crippen LogP contribution in [-0.4, -0.2) is 66.9 Å². The van der Waals surface area contributed by atoms with Gasteiger partial charge in [-0.15, -0.1) is 0 Å². The van der Waals surface area contributed by atoms with Crippen molar-refractivity contribution < 1.29 is 32.7 Å². The minimum Gasteiger partial charge on any atom is -0.478 e. The van der Waals surface area contributed by atoms with Gasteiger partial charge in [-0.3, -0.25) is 9.69 Å². The van der Waals surface area contributed by atoms with E-state index in [1.54, 1.807) is 0 Å². The minimum absolute atomic E-state index is 0.00838. The maximum Gasteiger partial charge on any atom is 0.418 e. The molecule has 0 aromatic heterocycles. The number of nitrogens with one attached hydrogen (secondary N) is 3. The summed E-state index contributed by atoms with van der Waals surface area (Å²) in [5.41, 5.74) is -0.155. The van der Waals surface area contributed by atoms with Crippen LogP contribution in [0.1, 0.15) is 27.0 Å². The number of carbonyl (C=O) groups excluding carboxylic acids is 1. The van der Waals surface area contributed by atoms with Crippen LogP contribution < -0.4 is 16.0 Å². The monoisotopic (exact) mass is 501 g/mol. The molecule has 3 aliphatic heterocycles. The first-order valence-electron chi connectivity index (χ1n) is 11.3. The number of benzene rings is 2. The van der Waals surface area contributed by atoms with Crippen LogP contribution >= 0.6 is 0 Å². The van der Waals surface area contributed by atoms with E-state index in [1.165, 1.54) is 30.3 Å². The Morgan fingerprint density at radius 3 is 2.61 bits per heavy atom. The number of rotatable bonds is 5. The molecule has 3 aliphatic rings. The Labute approximate surface area is 203 Å². The van der Waals surface area contributed by atoms with E-state index in [2.05, 4.69) is 26.0 Å². The molecule has 1 amide bonds. The predicted molar refractivity (Wildman–Crippen MR) is 126 cm³/mol. The van der Waals surface area contributed by atoms with E-state index in [0.717, 1.165) is 32.2 Å². The Bertz CT molecular complexity index is 1300. The van der Waals surface area contributed by atoms with E-state index in [-0.39, 0.29) is 40.4 Å². The van der Waals surface area contributed by atoms with E-state index >= 15 is 0 Å². The Morgan fingerprint density at radius 1 is 1.11 bits per heavy atom. The number of amides is 1. The normalized spacial score (nSPS) is 20.6. The summed E-state index contributed by atoms with van der Waals surface area (Å²) in [6.45, 7) is 4.31. The fourth-order valence-electron chi connectivity index (χ4n) is 4.48. The maximum absolute atomic E-state index is 13.6. The summed E-state index contributed by atoms with van der Waals surface area (Å²) >= 11 is 0. The van der Waals surface area contributed by atoms with Gasteiger partial charge in [0, 0.05) is 49.5 Å².